The Morgan fingerprint density at radius 3 is 2.52 bits per heavy atom. The van der Waals surface area contributed by atoms with Crippen LogP contribution in [0.5, 0.6) is 5.75 Å². The maximum Gasteiger partial charge on any atom is 0.337 e. The second-order valence-corrected chi connectivity index (χ2v) is 4.94. The predicted molar refractivity (Wildman–Crippen MR) is 88.1 cm³/mol. The van der Waals surface area contributed by atoms with Gasteiger partial charge in [0.1, 0.15) is 5.75 Å². The third-order valence-electron chi connectivity index (χ3n) is 3.30. The highest BCUT2D eigenvalue weighted by atomic mass is 16.5. The number of hydrogen-bond acceptors (Lipinski definition) is 4. The summed E-state index contributed by atoms with van der Waals surface area (Å²) in [6.45, 7) is 4.25. The third kappa shape index (κ3) is 4.10. The fourth-order valence-corrected chi connectivity index (χ4v) is 2.14. The van der Waals surface area contributed by atoms with E-state index in [2.05, 4.69) is 10.1 Å². The molecule has 5 heteroatoms. The first-order valence-electron chi connectivity index (χ1n) is 7.28. The van der Waals surface area contributed by atoms with Gasteiger partial charge in [-0.3, -0.25) is 4.79 Å². The first kappa shape index (κ1) is 16.5. The van der Waals surface area contributed by atoms with Gasteiger partial charge in [0.05, 0.1) is 19.3 Å². The first-order valence-corrected chi connectivity index (χ1v) is 7.28. The zero-order valence-corrected chi connectivity index (χ0v) is 13.4. The summed E-state index contributed by atoms with van der Waals surface area (Å²) in [4.78, 5) is 23.8. The number of aryl methyl sites for hydroxylation is 1. The van der Waals surface area contributed by atoms with Gasteiger partial charge in [0, 0.05) is 11.3 Å². The summed E-state index contributed by atoms with van der Waals surface area (Å²) in [6.07, 6.45) is 0. The lowest BCUT2D eigenvalue weighted by atomic mass is 10.1. The summed E-state index contributed by atoms with van der Waals surface area (Å²) in [6, 6.07) is 12.0. The fraction of sp³-hybridized carbons (Fsp3) is 0.222. The van der Waals surface area contributed by atoms with Crippen LogP contribution in [-0.2, 0) is 4.74 Å². The molecule has 1 N–H and O–H groups in total. The van der Waals surface area contributed by atoms with Crippen molar-refractivity contribution in [1.29, 1.82) is 0 Å². The van der Waals surface area contributed by atoms with Crippen molar-refractivity contribution in [1.82, 2.24) is 0 Å². The maximum atomic E-state index is 12.3. The lowest BCUT2D eigenvalue weighted by Gasteiger charge is -2.10. The summed E-state index contributed by atoms with van der Waals surface area (Å²) in [7, 11) is 1.33. The van der Waals surface area contributed by atoms with Crippen LogP contribution in [0.3, 0.4) is 0 Å². The minimum Gasteiger partial charge on any atom is -0.494 e. The number of rotatable bonds is 5. The summed E-state index contributed by atoms with van der Waals surface area (Å²) in [5, 5.41) is 2.83. The molecule has 0 saturated carbocycles. The highest BCUT2D eigenvalue weighted by Gasteiger charge is 2.11. The van der Waals surface area contributed by atoms with Crippen LogP contribution in [0.2, 0.25) is 0 Å². The van der Waals surface area contributed by atoms with Gasteiger partial charge in [0.15, 0.2) is 0 Å². The predicted octanol–water partition coefficient (Wildman–Crippen LogP) is 3.43. The van der Waals surface area contributed by atoms with Crippen molar-refractivity contribution in [3.8, 4) is 5.75 Å². The molecule has 0 unspecified atom stereocenters. The number of nitrogens with one attached hydrogen (secondary N) is 1. The van der Waals surface area contributed by atoms with Crippen molar-refractivity contribution in [2.45, 2.75) is 13.8 Å². The molecule has 0 aromatic heterocycles. The van der Waals surface area contributed by atoms with Gasteiger partial charge >= 0.3 is 5.97 Å². The fourth-order valence-electron chi connectivity index (χ4n) is 2.14. The van der Waals surface area contributed by atoms with Crippen LogP contribution in [-0.4, -0.2) is 25.6 Å². The zero-order valence-electron chi connectivity index (χ0n) is 13.4. The second-order valence-electron chi connectivity index (χ2n) is 4.94. The van der Waals surface area contributed by atoms with Gasteiger partial charge < -0.3 is 14.8 Å². The standard InChI is InChI=1S/C18H19NO4/c1-4-23-15-7-5-6-13(11-15)17(20)19-16-9-8-14(10-12(16)2)18(21)22-3/h5-11H,4H2,1-3H3,(H,19,20). The molecule has 0 spiro atoms. The Kier molecular flexibility index (Phi) is 5.36. The van der Waals surface area contributed by atoms with Crippen LogP contribution in [0, 0.1) is 6.92 Å². The van der Waals surface area contributed by atoms with Crippen LogP contribution in [0.4, 0.5) is 5.69 Å². The number of ether oxygens (including phenoxy) is 2. The van der Waals surface area contributed by atoms with Gasteiger partial charge in [-0.1, -0.05) is 6.07 Å². The number of methoxy groups -OCH3 is 1. The average molecular weight is 313 g/mol. The molecule has 0 saturated heterocycles. The van der Waals surface area contributed by atoms with Gasteiger partial charge in [-0.05, 0) is 55.8 Å². The minimum absolute atomic E-state index is 0.236. The molecule has 0 aliphatic heterocycles. The van der Waals surface area contributed by atoms with Crippen molar-refractivity contribution < 1.29 is 19.1 Å². The van der Waals surface area contributed by atoms with Crippen LogP contribution >= 0.6 is 0 Å². The lowest BCUT2D eigenvalue weighted by Crippen LogP contribution is -2.13. The van der Waals surface area contributed by atoms with E-state index < -0.39 is 5.97 Å². The minimum atomic E-state index is -0.407. The molecule has 2 rings (SSSR count). The van der Waals surface area contributed by atoms with E-state index in [1.807, 2.05) is 13.8 Å². The Balaban J connectivity index is 2.17. The largest absolute Gasteiger partial charge is 0.494 e. The number of carbonyl (C=O) groups excluding carboxylic acids is 2. The summed E-state index contributed by atoms with van der Waals surface area (Å²) in [5.74, 6) is 0.00812. The highest BCUT2D eigenvalue weighted by molar-refractivity contribution is 6.05. The van der Waals surface area contributed by atoms with E-state index in [4.69, 9.17) is 4.74 Å². The molecule has 0 fully saturated rings. The number of benzene rings is 2. The van der Waals surface area contributed by atoms with E-state index in [0.717, 1.165) is 5.56 Å². The Bertz CT molecular complexity index is 725. The quantitative estimate of drug-likeness (QED) is 0.859. The molecule has 120 valence electrons. The normalized spacial score (nSPS) is 10.0. The van der Waals surface area contributed by atoms with E-state index in [1.54, 1.807) is 42.5 Å². The molecule has 0 radical (unpaired) electrons. The molecule has 23 heavy (non-hydrogen) atoms. The van der Waals surface area contributed by atoms with E-state index >= 15 is 0 Å². The van der Waals surface area contributed by atoms with Gasteiger partial charge in [-0.25, -0.2) is 4.79 Å². The molecular formula is C18H19NO4. The maximum absolute atomic E-state index is 12.3. The molecule has 0 atom stereocenters. The Morgan fingerprint density at radius 2 is 1.87 bits per heavy atom. The van der Waals surface area contributed by atoms with Crippen LogP contribution < -0.4 is 10.1 Å². The molecule has 0 aliphatic carbocycles. The number of hydrogen-bond donors (Lipinski definition) is 1. The van der Waals surface area contributed by atoms with E-state index in [1.165, 1.54) is 7.11 Å². The Morgan fingerprint density at radius 1 is 1.09 bits per heavy atom. The number of carbonyl (C=O) groups is 2. The van der Waals surface area contributed by atoms with E-state index in [-0.39, 0.29) is 5.91 Å². The topological polar surface area (TPSA) is 64.6 Å². The monoisotopic (exact) mass is 313 g/mol. The van der Waals surface area contributed by atoms with Gasteiger partial charge in [-0.2, -0.15) is 0 Å². The molecule has 5 nitrogen and oxygen atoms in total. The van der Waals surface area contributed by atoms with Crippen LogP contribution in [0.25, 0.3) is 0 Å². The Hall–Kier alpha value is -2.82. The lowest BCUT2D eigenvalue weighted by molar-refractivity contribution is 0.0600. The van der Waals surface area contributed by atoms with Gasteiger partial charge in [-0.15, -0.1) is 0 Å². The summed E-state index contributed by atoms with van der Waals surface area (Å²) < 4.78 is 10.1. The Labute approximate surface area is 135 Å². The van der Waals surface area contributed by atoms with Crippen molar-refractivity contribution in [3.63, 3.8) is 0 Å². The molecule has 2 aromatic rings. The SMILES string of the molecule is CCOc1cccc(C(=O)Nc2ccc(C(=O)OC)cc2C)c1. The van der Waals surface area contributed by atoms with Crippen LogP contribution in [0.15, 0.2) is 42.5 Å². The average Bonchev–Trinajstić information content (AvgIpc) is 2.56. The number of amides is 1. The van der Waals surface area contributed by atoms with Gasteiger partial charge in [0.2, 0.25) is 0 Å². The molecule has 1 amide bonds. The second kappa shape index (κ2) is 7.45. The molecule has 0 bridgehead atoms. The van der Waals surface area contributed by atoms with Gasteiger partial charge in [0.25, 0.3) is 5.91 Å². The van der Waals surface area contributed by atoms with Crippen LogP contribution in [0.1, 0.15) is 33.2 Å². The van der Waals surface area contributed by atoms with Crippen molar-refractivity contribution in [2.75, 3.05) is 19.0 Å². The van der Waals surface area contributed by atoms with E-state index in [0.29, 0.717) is 29.2 Å². The number of esters is 1. The summed E-state index contributed by atoms with van der Waals surface area (Å²) >= 11 is 0. The van der Waals surface area contributed by atoms with Crippen molar-refractivity contribution >= 4 is 17.6 Å². The molecule has 2 aromatic carbocycles. The van der Waals surface area contributed by atoms with E-state index in [9.17, 15) is 9.59 Å². The number of anilines is 1. The molecule has 0 aliphatic rings. The van der Waals surface area contributed by atoms with Crippen molar-refractivity contribution in [2.24, 2.45) is 0 Å². The first-order chi connectivity index (χ1) is 11.0. The highest BCUT2D eigenvalue weighted by Crippen LogP contribution is 2.19. The van der Waals surface area contributed by atoms with Crippen molar-refractivity contribution in [3.05, 3.63) is 59.2 Å². The molecular weight excluding hydrogens is 294 g/mol. The third-order valence-corrected chi connectivity index (χ3v) is 3.30. The zero-order chi connectivity index (χ0) is 16.8. The summed E-state index contributed by atoms with van der Waals surface area (Å²) in [5.41, 5.74) is 2.38. The smallest absolute Gasteiger partial charge is 0.337 e. The molecule has 0 heterocycles.